The number of nitrogens with zero attached hydrogens (tertiary/aromatic N) is 8. The highest BCUT2D eigenvalue weighted by Gasteiger charge is 2.21. The molecule has 6 heterocycles. The summed E-state index contributed by atoms with van der Waals surface area (Å²) in [6.45, 7) is 5.34. The van der Waals surface area contributed by atoms with E-state index in [-0.39, 0.29) is 10.0 Å². The van der Waals surface area contributed by atoms with Crippen molar-refractivity contribution in [1.82, 2.24) is 29.7 Å². The number of rotatable bonds is 13. The van der Waals surface area contributed by atoms with E-state index >= 15 is 0 Å². The fraction of sp³-hybridized carbons (Fsp3) is 0.283. The Hall–Kier alpha value is -6.23. The van der Waals surface area contributed by atoms with Gasteiger partial charge >= 0.3 is 0 Å². The molecular formula is C53H52Cl2F2N12O2S3. The van der Waals surface area contributed by atoms with Crippen LogP contribution in [-0.2, 0) is 22.6 Å². The van der Waals surface area contributed by atoms with Crippen molar-refractivity contribution in [2.24, 2.45) is 0 Å². The van der Waals surface area contributed by atoms with Crippen LogP contribution in [0.1, 0.15) is 47.9 Å². The number of anilines is 7. The standard InChI is InChI=1S/C26H24ClFN6OS.C14H8ClFN4S2.C13H20N2O/c1-34(20-8-10-35-11-9-20)15-16-2-4-18(5-3-16)32-26-33-25-24(36-26)23(17(13-29)14-30-25)31-19-6-7-22(28)21(27)12-19;1-21-14-20-13-12(22-14)11(7(5-17)6-18-13)19-8-2-3-10(16)9(15)4-8;1-15(13-6-8-16-9-7-13)10-11-2-4-12(14)5-3-11/h2-7,12,14,20H,8-11,15H2,1H3,(H2,30,31,32,33);2-4,6H,1H3,(H,18,19);2-5,13H,6-10,14H2,1H3. The van der Waals surface area contributed by atoms with E-state index in [1.807, 2.05) is 30.5 Å². The number of thiazole rings is 2. The second kappa shape index (κ2) is 25.8. The Morgan fingerprint density at radius 1 is 0.662 bits per heavy atom. The van der Waals surface area contributed by atoms with Crippen LogP contribution in [0.5, 0.6) is 0 Å². The van der Waals surface area contributed by atoms with Crippen LogP contribution in [0.25, 0.3) is 20.7 Å². The molecule has 10 rings (SSSR count). The average molecular weight is 1090 g/mol. The van der Waals surface area contributed by atoms with Gasteiger partial charge in [-0.2, -0.15) is 15.5 Å². The van der Waals surface area contributed by atoms with Crippen LogP contribution in [0.3, 0.4) is 0 Å². The van der Waals surface area contributed by atoms with Crippen LogP contribution < -0.4 is 21.7 Å². The van der Waals surface area contributed by atoms with E-state index in [0.29, 0.717) is 67.1 Å². The number of thioether (sulfide) groups is 1. The number of hydrogen-bond donors (Lipinski definition) is 4. The quantitative estimate of drug-likeness (QED) is 0.0631. The number of ether oxygens (including phenoxy) is 2. The second-order valence-electron chi connectivity index (χ2n) is 17.4. The molecule has 0 unspecified atom stereocenters. The molecule has 4 aromatic heterocycles. The lowest BCUT2D eigenvalue weighted by molar-refractivity contribution is 0.0406. The molecule has 0 atom stereocenters. The van der Waals surface area contributed by atoms with Gasteiger partial charge in [-0.3, -0.25) is 9.80 Å². The first-order chi connectivity index (χ1) is 35.9. The average Bonchev–Trinajstić information content (AvgIpc) is 4.05. The van der Waals surface area contributed by atoms with Crippen LogP contribution in [0, 0.1) is 34.3 Å². The largest absolute Gasteiger partial charge is 0.399 e. The number of benzene rings is 4. The maximum Gasteiger partial charge on any atom is 0.189 e. The Balaban J connectivity index is 0.000000163. The molecule has 0 amide bonds. The van der Waals surface area contributed by atoms with Gasteiger partial charge in [0.15, 0.2) is 20.8 Å². The third-order valence-corrected chi connectivity index (χ3v) is 15.9. The molecule has 2 saturated heterocycles. The molecule has 382 valence electrons. The van der Waals surface area contributed by atoms with Crippen molar-refractivity contribution in [3.8, 4) is 12.1 Å². The third-order valence-electron chi connectivity index (χ3n) is 12.3. The van der Waals surface area contributed by atoms with Gasteiger partial charge in [-0.25, -0.2) is 23.7 Å². The van der Waals surface area contributed by atoms with Crippen molar-refractivity contribution in [3.63, 3.8) is 0 Å². The highest BCUT2D eigenvalue weighted by atomic mass is 35.5. The van der Waals surface area contributed by atoms with Crippen LogP contribution in [0.4, 0.5) is 48.0 Å². The number of hydrogen-bond acceptors (Lipinski definition) is 17. The fourth-order valence-corrected chi connectivity index (χ4v) is 11.1. The van der Waals surface area contributed by atoms with Gasteiger partial charge in [-0.05, 0) is 118 Å². The minimum absolute atomic E-state index is 0.00198. The number of nitrogen functional groups attached to an aromatic ring is 1. The lowest BCUT2D eigenvalue weighted by atomic mass is 10.1. The first-order valence-corrected chi connectivity index (χ1v) is 27.1. The summed E-state index contributed by atoms with van der Waals surface area (Å²) in [6, 6.07) is 30.5. The number of halogens is 4. The molecule has 0 bridgehead atoms. The van der Waals surface area contributed by atoms with Gasteiger partial charge in [-0.15, -0.1) is 11.3 Å². The summed E-state index contributed by atoms with van der Waals surface area (Å²) in [4.78, 5) is 22.3. The minimum atomic E-state index is -0.506. The Morgan fingerprint density at radius 2 is 1.11 bits per heavy atom. The molecule has 2 fully saturated rings. The van der Waals surface area contributed by atoms with Gasteiger partial charge < -0.3 is 31.2 Å². The van der Waals surface area contributed by atoms with Gasteiger partial charge in [0.2, 0.25) is 0 Å². The summed E-state index contributed by atoms with van der Waals surface area (Å²) >= 11 is 16.1. The van der Waals surface area contributed by atoms with E-state index in [2.05, 4.69) is 96.2 Å². The van der Waals surface area contributed by atoms with Crippen molar-refractivity contribution in [3.05, 3.63) is 141 Å². The van der Waals surface area contributed by atoms with Gasteiger partial charge in [0.05, 0.1) is 37.2 Å². The van der Waals surface area contributed by atoms with E-state index in [1.165, 1.54) is 82.2 Å². The normalized spacial score (nSPS) is 13.9. The van der Waals surface area contributed by atoms with Gasteiger partial charge in [-0.1, -0.05) is 70.6 Å². The lowest BCUT2D eigenvalue weighted by Gasteiger charge is -2.31. The SMILES string of the molecule is CN(Cc1ccc(N)cc1)C1CCOCC1.CN(Cc1ccc(Nc2nc3ncc(C#N)c(Nc4ccc(F)c(Cl)c4)c3s2)cc1)C1CCOCC1.CSc1nc2ncc(C#N)c(Nc3ccc(F)c(Cl)c3)c2s1. The molecule has 14 nitrogen and oxygen atoms in total. The van der Waals surface area contributed by atoms with Crippen molar-refractivity contribution >= 4 is 118 Å². The Morgan fingerprint density at radius 3 is 1.57 bits per heavy atom. The van der Waals surface area contributed by atoms with Crippen LogP contribution in [-0.4, -0.2) is 88.6 Å². The van der Waals surface area contributed by atoms with Gasteiger partial charge in [0.25, 0.3) is 0 Å². The Kier molecular flexibility index (Phi) is 18.9. The second-order valence-corrected chi connectivity index (χ2v) is 21.3. The summed E-state index contributed by atoms with van der Waals surface area (Å²) in [5, 5.41) is 29.2. The highest BCUT2D eigenvalue weighted by Crippen LogP contribution is 2.38. The van der Waals surface area contributed by atoms with Crippen LogP contribution in [0.15, 0.2) is 102 Å². The summed E-state index contributed by atoms with van der Waals surface area (Å²) in [7, 11) is 4.35. The number of nitrogens with two attached hydrogens (primary N) is 1. The van der Waals surface area contributed by atoms with E-state index < -0.39 is 11.6 Å². The highest BCUT2D eigenvalue weighted by molar-refractivity contribution is 8.00. The Labute approximate surface area is 450 Å². The van der Waals surface area contributed by atoms with Crippen molar-refractivity contribution in [2.75, 3.05) is 68.5 Å². The molecule has 2 aliphatic rings. The molecule has 2 aliphatic heterocycles. The monoisotopic (exact) mass is 1090 g/mol. The molecule has 0 aliphatic carbocycles. The topological polar surface area (TPSA) is 186 Å². The third kappa shape index (κ3) is 14.1. The minimum Gasteiger partial charge on any atom is -0.399 e. The van der Waals surface area contributed by atoms with E-state index in [9.17, 15) is 19.3 Å². The molecule has 0 radical (unpaired) electrons. The van der Waals surface area contributed by atoms with Crippen molar-refractivity contribution in [1.29, 1.82) is 10.5 Å². The maximum atomic E-state index is 13.6. The fourth-order valence-electron chi connectivity index (χ4n) is 8.25. The van der Waals surface area contributed by atoms with E-state index in [0.717, 1.165) is 85.6 Å². The zero-order valence-corrected chi connectivity index (χ0v) is 44.6. The first kappa shape index (κ1) is 54.0. The van der Waals surface area contributed by atoms with E-state index in [1.54, 1.807) is 12.1 Å². The van der Waals surface area contributed by atoms with Gasteiger partial charge in [0, 0.05) is 86.7 Å². The predicted octanol–water partition coefficient (Wildman–Crippen LogP) is 13.2. The summed E-state index contributed by atoms with van der Waals surface area (Å²) < 4.78 is 40.0. The molecular weight excluding hydrogens is 1040 g/mol. The molecule has 4 aromatic carbocycles. The number of nitrogens with one attached hydrogen (secondary N) is 3. The smallest absolute Gasteiger partial charge is 0.189 e. The van der Waals surface area contributed by atoms with Crippen molar-refractivity contribution in [2.45, 2.75) is 55.2 Å². The molecule has 0 saturated carbocycles. The summed E-state index contributed by atoms with van der Waals surface area (Å²) in [6.07, 6.45) is 9.30. The number of aromatic nitrogens is 4. The van der Waals surface area contributed by atoms with Crippen LogP contribution in [0.2, 0.25) is 10.0 Å². The number of fused-ring (bicyclic) bond motifs is 2. The number of pyridine rings is 2. The maximum absolute atomic E-state index is 13.6. The molecule has 0 spiro atoms. The van der Waals surface area contributed by atoms with Gasteiger partial charge in [0.1, 0.15) is 28.5 Å². The molecule has 8 aromatic rings. The number of nitriles is 2. The van der Waals surface area contributed by atoms with E-state index in [4.69, 9.17) is 38.4 Å². The zero-order chi connectivity index (χ0) is 52.1. The summed E-state index contributed by atoms with van der Waals surface area (Å²) in [5.74, 6) is -0.997. The molecule has 74 heavy (non-hydrogen) atoms. The lowest BCUT2D eigenvalue weighted by Crippen LogP contribution is -2.36. The molecule has 21 heteroatoms. The van der Waals surface area contributed by atoms with Crippen molar-refractivity contribution < 1.29 is 18.3 Å². The molecule has 5 N–H and O–H groups in total. The zero-order valence-electron chi connectivity index (χ0n) is 40.7. The Bertz CT molecular complexity index is 3270. The predicted molar refractivity (Wildman–Crippen MR) is 297 cm³/mol. The van der Waals surface area contributed by atoms with Crippen LogP contribution >= 0.6 is 57.6 Å². The first-order valence-electron chi connectivity index (χ1n) is 23.5. The summed E-state index contributed by atoms with van der Waals surface area (Å²) in [5.41, 5.74) is 14.1.